The topological polar surface area (TPSA) is 0 Å². The third-order valence-electron chi connectivity index (χ3n) is 5.47. The van der Waals surface area contributed by atoms with Gasteiger partial charge in [-0.05, 0) is 0 Å². The second-order valence-electron chi connectivity index (χ2n) is 9.65. The normalized spacial score (nSPS) is 14.9. The average Bonchev–Trinajstić information content (AvgIpc) is 2.62. The summed E-state index contributed by atoms with van der Waals surface area (Å²) >= 11 is -2.14. The number of hydrogen-bond acceptors (Lipinski definition) is 0. The molecule has 0 aliphatic carbocycles. The van der Waals surface area contributed by atoms with Gasteiger partial charge in [0.2, 0.25) is 0 Å². The van der Waals surface area contributed by atoms with E-state index in [0.717, 1.165) is 11.0 Å². The summed E-state index contributed by atoms with van der Waals surface area (Å²) in [7, 11) is -5.85. The fraction of sp³-hybridized carbons (Fsp3) is 0.727. The number of quaternary nitrogens is 1. The van der Waals surface area contributed by atoms with Gasteiger partial charge in [-0.2, -0.15) is 0 Å². The zero-order valence-corrected chi connectivity index (χ0v) is 23.9. The van der Waals surface area contributed by atoms with E-state index in [1.807, 2.05) is 12.1 Å². The second-order valence-corrected chi connectivity index (χ2v) is 25.3. The first-order chi connectivity index (χ1) is 14.3. The standard InChI is InChI=1S/C10H14FN.3C4H9.F6P.Sn/c1-12(2,3)8-9-4-6-10(11)7-5-9;3*1-3-4-2;1-7(2,3,4,5)6;/h4-7H,1,8H2,2-3H3;3*1,3-4H2,2H3;;/q+1;;;;-1;. The van der Waals surface area contributed by atoms with Crippen molar-refractivity contribution >= 4 is 26.2 Å². The SMILES string of the molecule is CCC[CH2][Sn]([CH2]CCC)([CH2]CCC)[CH2][N+](C)(C)Cc1ccc(F)cc1.F[P-](F)(F)(F)(F)F. The molecule has 0 saturated carbocycles. The minimum absolute atomic E-state index is 0.128. The van der Waals surface area contributed by atoms with Gasteiger partial charge >= 0.3 is 194 Å². The van der Waals surface area contributed by atoms with Crippen LogP contribution in [0.4, 0.5) is 29.6 Å². The molecule has 0 spiro atoms. The average molecular weight is 602 g/mol. The molecule has 0 saturated heterocycles. The predicted octanol–water partition coefficient (Wildman–Crippen LogP) is 10.2. The Balaban J connectivity index is 0.00000118. The fourth-order valence-electron chi connectivity index (χ4n) is 4.32. The number of rotatable bonds is 13. The van der Waals surface area contributed by atoms with Gasteiger partial charge in [0.05, 0.1) is 0 Å². The van der Waals surface area contributed by atoms with Gasteiger partial charge in [0, 0.05) is 0 Å². The van der Waals surface area contributed by atoms with E-state index in [1.165, 1.54) is 48.6 Å². The van der Waals surface area contributed by atoms with Gasteiger partial charge in [-0.25, -0.2) is 0 Å². The summed E-state index contributed by atoms with van der Waals surface area (Å²) < 4.78 is 79.6. The molecule has 0 aliphatic rings. The summed E-state index contributed by atoms with van der Waals surface area (Å²) in [6, 6.07) is 7.15. The van der Waals surface area contributed by atoms with Crippen LogP contribution in [0, 0.1) is 5.82 Å². The molecular weight excluding hydrogens is 561 g/mol. The Morgan fingerprint density at radius 2 is 1.06 bits per heavy atom. The van der Waals surface area contributed by atoms with Crippen LogP contribution < -0.4 is 0 Å². The van der Waals surface area contributed by atoms with Crippen LogP contribution in [0.5, 0.6) is 0 Å². The van der Waals surface area contributed by atoms with Crippen molar-refractivity contribution in [1.29, 1.82) is 0 Å². The molecule has 0 N–H and O–H groups in total. The molecule has 0 amide bonds. The first-order valence-corrected chi connectivity index (χ1v) is 21.5. The van der Waals surface area contributed by atoms with Crippen molar-refractivity contribution in [3.63, 3.8) is 0 Å². The molecule has 192 valence electrons. The molecule has 1 nitrogen and oxygen atoms in total. The summed E-state index contributed by atoms with van der Waals surface area (Å²) in [5, 5.41) is 0. The second kappa shape index (κ2) is 12.1. The van der Waals surface area contributed by atoms with Crippen LogP contribution in [0.25, 0.3) is 0 Å². The van der Waals surface area contributed by atoms with Crippen molar-refractivity contribution in [2.45, 2.75) is 79.2 Å². The molecule has 0 heterocycles. The summed E-state index contributed by atoms with van der Waals surface area (Å²) in [5.74, 6) is -0.128. The fourth-order valence-corrected chi connectivity index (χ4v) is 22.8. The first-order valence-electron chi connectivity index (χ1n) is 11.4. The van der Waals surface area contributed by atoms with E-state index < -0.39 is 26.2 Å². The zero-order valence-electron chi connectivity index (χ0n) is 20.1. The van der Waals surface area contributed by atoms with E-state index in [0.29, 0.717) is 0 Å². The number of unbranched alkanes of at least 4 members (excludes halogenated alkanes) is 3. The molecule has 1 rings (SSSR count). The molecule has 0 aliphatic heterocycles. The molecule has 0 fully saturated rings. The van der Waals surface area contributed by atoms with Crippen LogP contribution in [0.1, 0.15) is 64.9 Å². The van der Waals surface area contributed by atoms with Gasteiger partial charge in [0.1, 0.15) is 0 Å². The Morgan fingerprint density at radius 3 is 1.38 bits per heavy atom. The van der Waals surface area contributed by atoms with Crippen molar-refractivity contribution < 1.29 is 34.1 Å². The Morgan fingerprint density at radius 1 is 0.719 bits per heavy atom. The Hall–Kier alpha value is -0.0813. The summed E-state index contributed by atoms with van der Waals surface area (Å²) in [6.45, 7) is 8.06. The predicted molar refractivity (Wildman–Crippen MR) is 126 cm³/mol. The number of halogens is 7. The summed E-state index contributed by atoms with van der Waals surface area (Å²) in [6.07, 6.45) is 8.30. The van der Waals surface area contributed by atoms with E-state index in [9.17, 15) is 29.6 Å². The number of nitrogens with zero attached hydrogens (tertiary/aromatic N) is 1. The van der Waals surface area contributed by atoms with Gasteiger partial charge in [0.25, 0.3) is 0 Å². The maximum atomic E-state index is 13.2. The van der Waals surface area contributed by atoms with Gasteiger partial charge in [-0.1, -0.05) is 0 Å². The third kappa shape index (κ3) is 19.4. The summed E-state index contributed by atoms with van der Waals surface area (Å²) in [5.41, 5.74) is 1.27. The van der Waals surface area contributed by atoms with Crippen LogP contribution in [-0.2, 0) is 6.54 Å². The van der Waals surface area contributed by atoms with Crippen LogP contribution in [-0.4, -0.2) is 41.5 Å². The molecule has 1 aromatic carbocycles. The number of hydrogen-bond donors (Lipinski definition) is 0. The minimum atomic E-state index is -10.7. The van der Waals surface area contributed by atoms with Gasteiger partial charge in [0.15, 0.2) is 0 Å². The molecule has 0 atom stereocenters. The molecule has 10 heteroatoms. The monoisotopic (exact) mass is 603 g/mol. The molecular formula is C22H41F7NPSn. The van der Waals surface area contributed by atoms with Crippen LogP contribution in [0.2, 0.25) is 13.3 Å². The molecule has 0 aromatic heterocycles. The van der Waals surface area contributed by atoms with Crippen LogP contribution in [0.15, 0.2) is 24.3 Å². The molecule has 1 aromatic rings. The number of benzene rings is 1. The Kier molecular flexibility index (Phi) is 12.0. The van der Waals surface area contributed by atoms with Gasteiger partial charge in [-0.15, -0.1) is 0 Å². The van der Waals surface area contributed by atoms with E-state index in [4.69, 9.17) is 0 Å². The van der Waals surface area contributed by atoms with E-state index >= 15 is 0 Å². The van der Waals surface area contributed by atoms with Crippen molar-refractivity contribution in [1.82, 2.24) is 0 Å². The van der Waals surface area contributed by atoms with Crippen molar-refractivity contribution in [2.75, 3.05) is 18.7 Å². The van der Waals surface area contributed by atoms with Gasteiger partial charge in [-0.3, -0.25) is 0 Å². The van der Waals surface area contributed by atoms with E-state index in [-0.39, 0.29) is 5.82 Å². The van der Waals surface area contributed by atoms with Crippen LogP contribution in [0.3, 0.4) is 0 Å². The van der Waals surface area contributed by atoms with Crippen molar-refractivity contribution in [3.8, 4) is 0 Å². The van der Waals surface area contributed by atoms with E-state index in [1.54, 1.807) is 25.4 Å². The zero-order chi connectivity index (χ0) is 25.2. The van der Waals surface area contributed by atoms with Crippen molar-refractivity contribution in [3.05, 3.63) is 35.6 Å². The van der Waals surface area contributed by atoms with E-state index in [2.05, 4.69) is 34.9 Å². The first kappa shape index (κ1) is 31.9. The molecule has 0 bridgehead atoms. The molecule has 0 radical (unpaired) electrons. The van der Waals surface area contributed by atoms with Gasteiger partial charge < -0.3 is 0 Å². The Labute approximate surface area is 193 Å². The van der Waals surface area contributed by atoms with Crippen molar-refractivity contribution in [2.24, 2.45) is 0 Å². The quantitative estimate of drug-likeness (QED) is 0.0913. The molecule has 0 unspecified atom stereocenters. The summed E-state index contributed by atoms with van der Waals surface area (Å²) in [4.78, 5) is 0. The maximum absolute atomic E-state index is 13.2. The van der Waals surface area contributed by atoms with Crippen LogP contribution >= 0.6 is 7.81 Å². The third-order valence-corrected chi connectivity index (χ3v) is 21.9. The Bertz CT molecular complexity index is 628. The molecule has 32 heavy (non-hydrogen) atoms.